The molecule has 0 aliphatic rings. The molecule has 0 aromatic rings. The maximum atomic E-state index is 11.1. The zero-order chi connectivity index (χ0) is 13.5. The van der Waals surface area contributed by atoms with Crippen LogP contribution in [0.25, 0.3) is 0 Å². The lowest BCUT2D eigenvalue weighted by Gasteiger charge is -2.28. The summed E-state index contributed by atoms with van der Waals surface area (Å²) in [7, 11) is 1.18. The average molecular weight is 237 g/mol. The smallest absolute Gasteiger partial charge is 0.308 e. The first-order chi connectivity index (χ1) is 7.91. The van der Waals surface area contributed by atoms with Crippen molar-refractivity contribution in [3.05, 3.63) is 0 Å². The summed E-state index contributed by atoms with van der Waals surface area (Å²) >= 11 is 0. The molecule has 0 rings (SSSR count). The monoisotopic (exact) mass is 237 g/mol. The Balaban J connectivity index is 5.01. The Bertz CT molecular complexity index is 377. The normalized spacial score (nSPS) is 14.8. The number of aliphatic carboxylic acids is 1. The third-order valence-electron chi connectivity index (χ3n) is 2.75. The van der Waals surface area contributed by atoms with Crippen LogP contribution in [0.15, 0.2) is 0 Å². The Kier molecular flexibility index (Phi) is 5.77. The van der Waals surface area contributed by atoms with Crippen LogP contribution in [0.4, 0.5) is 0 Å². The number of terminal acetylenes is 1. The quantitative estimate of drug-likeness (QED) is 0.554. The topological polar surface area (TPSA) is 87.4 Å². The number of hydrogen-bond donors (Lipinski definition) is 1. The van der Waals surface area contributed by atoms with Crippen LogP contribution in [0.2, 0.25) is 0 Å². The van der Waals surface area contributed by atoms with Gasteiger partial charge in [-0.05, 0) is 13.3 Å². The van der Waals surface area contributed by atoms with E-state index in [0.29, 0.717) is 0 Å². The molecule has 0 unspecified atom stereocenters. The summed E-state index contributed by atoms with van der Waals surface area (Å²) in [6.07, 6.45) is 5.41. The summed E-state index contributed by atoms with van der Waals surface area (Å²) in [5.74, 6) is -0.451. The molecule has 0 saturated carbocycles. The number of carboxylic acids is 1. The maximum Gasteiger partial charge on any atom is 0.308 e. The van der Waals surface area contributed by atoms with Crippen LogP contribution >= 0.6 is 0 Å². The second-order valence-corrected chi connectivity index (χ2v) is 3.89. The molecule has 92 valence electrons. The van der Waals surface area contributed by atoms with E-state index in [4.69, 9.17) is 16.8 Å². The van der Waals surface area contributed by atoms with E-state index < -0.39 is 23.3 Å². The largest absolute Gasteiger partial charge is 0.481 e. The van der Waals surface area contributed by atoms with Gasteiger partial charge in [0.2, 0.25) is 0 Å². The number of rotatable bonds is 6. The summed E-state index contributed by atoms with van der Waals surface area (Å²) in [6, 6.07) is 1.91. The fourth-order valence-electron chi connectivity index (χ4n) is 1.50. The second-order valence-electron chi connectivity index (χ2n) is 3.89. The number of carbonyl (C=O) groups is 2. The van der Waals surface area contributed by atoms with Gasteiger partial charge >= 0.3 is 11.9 Å². The van der Waals surface area contributed by atoms with Crippen molar-refractivity contribution < 1.29 is 19.4 Å². The predicted octanol–water partition coefficient (Wildman–Crippen LogP) is 1.19. The van der Waals surface area contributed by atoms with Gasteiger partial charge in [0.05, 0.1) is 25.5 Å². The van der Waals surface area contributed by atoms with Crippen LogP contribution in [-0.4, -0.2) is 24.2 Å². The van der Waals surface area contributed by atoms with E-state index in [1.54, 1.807) is 6.92 Å². The van der Waals surface area contributed by atoms with Crippen molar-refractivity contribution in [2.75, 3.05) is 7.11 Å². The molecule has 0 fully saturated rings. The first kappa shape index (κ1) is 15.0. The Hall–Kier alpha value is -2.01. The Morgan fingerprint density at radius 2 is 2.18 bits per heavy atom. The summed E-state index contributed by atoms with van der Waals surface area (Å²) in [6.45, 7) is 1.56. The molecule has 0 aromatic heterocycles. The van der Waals surface area contributed by atoms with Crippen molar-refractivity contribution in [1.29, 1.82) is 5.26 Å². The number of esters is 1. The molecule has 5 nitrogen and oxygen atoms in total. The standard InChI is InChI=1S/C12H15NO4/c1-4-12(2,6-5-7-13)9(11(15)16)8-10(14)17-3/h1,9H,5-6,8H2,2-3H3,(H,15,16)/t9-,12+/m0/s1. The summed E-state index contributed by atoms with van der Waals surface area (Å²) in [5.41, 5.74) is -1.03. The lowest BCUT2D eigenvalue weighted by atomic mass is 9.73. The zero-order valence-electron chi connectivity index (χ0n) is 9.90. The minimum Gasteiger partial charge on any atom is -0.481 e. The first-order valence-corrected chi connectivity index (χ1v) is 5.05. The molecule has 0 saturated heterocycles. The highest BCUT2D eigenvalue weighted by Gasteiger charge is 2.39. The van der Waals surface area contributed by atoms with Gasteiger partial charge in [0.25, 0.3) is 0 Å². The number of ether oxygens (including phenoxy) is 1. The number of carbonyl (C=O) groups excluding carboxylic acids is 1. The minimum atomic E-state index is -1.16. The number of carboxylic acid groups (broad SMARTS) is 1. The molecule has 5 heteroatoms. The molecular formula is C12H15NO4. The van der Waals surface area contributed by atoms with Gasteiger partial charge in [-0.15, -0.1) is 6.42 Å². The Morgan fingerprint density at radius 1 is 1.59 bits per heavy atom. The van der Waals surface area contributed by atoms with E-state index in [1.807, 2.05) is 6.07 Å². The summed E-state index contributed by atoms with van der Waals surface area (Å²) in [5, 5.41) is 17.6. The van der Waals surface area contributed by atoms with E-state index in [-0.39, 0.29) is 19.3 Å². The molecule has 0 spiro atoms. The van der Waals surface area contributed by atoms with Gasteiger partial charge in [0.15, 0.2) is 0 Å². The van der Waals surface area contributed by atoms with Crippen molar-refractivity contribution in [2.45, 2.75) is 26.2 Å². The number of methoxy groups -OCH3 is 1. The number of nitriles is 1. The van der Waals surface area contributed by atoms with Crippen LogP contribution in [0.5, 0.6) is 0 Å². The molecule has 1 N–H and O–H groups in total. The number of nitrogens with zero attached hydrogens (tertiary/aromatic N) is 1. The van der Waals surface area contributed by atoms with Gasteiger partial charge in [0, 0.05) is 11.8 Å². The molecule has 2 atom stereocenters. The van der Waals surface area contributed by atoms with Crippen LogP contribution in [0, 0.1) is 35.0 Å². The van der Waals surface area contributed by atoms with Crippen LogP contribution < -0.4 is 0 Å². The lowest BCUT2D eigenvalue weighted by Crippen LogP contribution is -2.34. The fourth-order valence-corrected chi connectivity index (χ4v) is 1.50. The van der Waals surface area contributed by atoms with Crippen molar-refractivity contribution in [3.63, 3.8) is 0 Å². The van der Waals surface area contributed by atoms with Crippen LogP contribution in [0.1, 0.15) is 26.2 Å². The molecular weight excluding hydrogens is 222 g/mol. The highest BCUT2D eigenvalue weighted by atomic mass is 16.5. The van der Waals surface area contributed by atoms with Crippen molar-refractivity contribution in [1.82, 2.24) is 0 Å². The molecule has 17 heavy (non-hydrogen) atoms. The minimum absolute atomic E-state index is 0.144. The van der Waals surface area contributed by atoms with E-state index in [0.717, 1.165) is 0 Å². The van der Waals surface area contributed by atoms with E-state index in [1.165, 1.54) is 7.11 Å². The second kappa shape index (κ2) is 6.55. The lowest BCUT2D eigenvalue weighted by molar-refractivity contribution is -0.153. The van der Waals surface area contributed by atoms with Gasteiger partial charge in [-0.2, -0.15) is 5.26 Å². The average Bonchev–Trinajstić information content (AvgIpc) is 2.32. The van der Waals surface area contributed by atoms with Gasteiger partial charge in [-0.25, -0.2) is 0 Å². The highest BCUT2D eigenvalue weighted by Crippen LogP contribution is 2.34. The predicted molar refractivity (Wildman–Crippen MR) is 59.5 cm³/mol. The van der Waals surface area contributed by atoms with E-state index in [9.17, 15) is 9.59 Å². The molecule has 0 radical (unpaired) electrons. The first-order valence-electron chi connectivity index (χ1n) is 5.05. The fraction of sp³-hybridized carbons (Fsp3) is 0.583. The summed E-state index contributed by atoms with van der Waals surface area (Å²) in [4.78, 5) is 22.3. The van der Waals surface area contributed by atoms with Crippen LogP contribution in [0.3, 0.4) is 0 Å². The Morgan fingerprint density at radius 3 is 2.53 bits per heavy atom. The van der Waals surface area contributed by atoms with E-state index >= 15 is 0 Å². The molecule has 0 amide bonds. The van der Waals surface area contributed by atoms with Gasteiger partial charge in [-0.1, -0.05) is 5.92 Å². The molecule has 0 aliphatic heterocycles. The highest BCUT2D eigenvalue weighted by molar-refractivity contribution is 5.79. The zero-order valence-corrected chi connectivity index (χ0v) is 9.90. The van der Waals surface area contributed by atoms with Crippen LogP contribution in [-0.2, 0) is 14.3 Å². The molecule has 0 aromatic carbocycles. The third-order valence-corrected chi connectivity index (χ3v) is 2.75. The van der Waals surface area contributed by atoms with Crippen molar-refractivity contribution in [3.8, 4) is 18.4 Å². The molecule has 0 aliphatic carbocycles. The van der Waals surface area contributed by atoms with Gasteiger partial charge < -0.3 is 9.84 Å². The Labute approximate surface area is 100 Å². The molecule has 0 heterocycles. The summed E-state index contributed by atoms with van der Waals surface area (Å²) < 4.78 is 4.44. The maximum absolute atomic E-state index is 11.1. The van der Waals surface area contributed by atoms with Crippen molar-refractivity contribution >= 4 is 11.9 Å². The molecule has 0 bridgehead atoms. The van der Waals surface area contributed by atoms with Gasteiger partial charge in [-0.3, -0.25) is 9.59 Å². The van der Waals surface area contributed by atoms with Crippen molar-refractivity contribution in [2.24, 2.45) is 11.3 Å². The SMILES string of the molecule is C#C[C@](C)(CCC#N)[C@@H](CC(=O)OC)C(=O)O. The van der Waals surface area contributed by atoms with E-state index in [2.05, 4.69) is 10.7 Å². The van der Waals surface area contributed by atoms with Gasteiger partial charge in [0.1, 0.15) is 0 Å². The third kappa shape index (κ3) is 4.16. The number of hydrogen-bond acceptors (Lipinski definition) is 4.